The molecule has 0 aliphatic carbocycles. The lowest BCUT2D eigenvalue weighted by molar-refractivity contribution is 0.0533. The minimum atomic E-state index is -0.832. The minimum Gasteiger partial charge on any atom is -0.491 e. The van der Waals surface area contributed by atoms with Crippen LogP contribution in [-0.4, -0.2) is 29.5 Å². The van der Waals surface area contributed by atoms with E-state index in [1.165, 1.54) is 0 Å². The predicted octanol–water partition coefficient (Wildman–Crippen LogP) is 1.15. The highest BCUT2D eigenvalue weighted by atomic mass is 16.5. The Hall–Kier alpha value is -1.32. The van der Waals surface area contributed by atoms with Gasteiger partial charge < -0.3 is 14.9 Å². The zero-order valence-corrected chi connectivity index (χ0v) is 8.60. The molecule has 0 amide bonds. The normalized spacial score (nSPS) is 12.1. The van der Waals surface area contributed by atoms with Crippen molar-refractivity contribution in [3.63, 3.8) is 0 Å². The summed E-state index contributed by atoms with van der Waals surface area (Å²) in [5.74, 6) is 0.727. The van der Waals surface area contributed by atoms with E-state index in [-0.39, 0.29) is 13.2 Å². The minimum absolute atomic E-state index is 0.102. The summed E-state index contributed by atoms with van der Waals surface area (Å²) in [6, 6.07) is 7.58. The van der Waals surface area contributed by atoms with Crippen molar-refractivity contribution in [1.82, 2.24) is 0 Å². The van der Waals surface area contributed by atoms with E-state index >= 15 is 0 Å². The van der Waals surface area contributed by atoms with Crippen LogP contribution in [0.5, 0.6) is 5.75 Å². The van der Waals surface area contributed by atoms with Crippen LogP contribution in [0.15, 0.2) is 36.9 Å². The molecule has 3 nitrogen and oxygen atoms in total. The lowest BCUT2D eigenvalue weighted by atomic mass is 10.1. The third kappa shape index (κ3) is 3.73. The maximum atomic E-state index is 9.14. The number of hydrogen-bond acceptors (Lipinski definition) is 3. The van der Waals surface area contributed by atoms with E-state index in [0.29, 0.717) is 0 Å². The molecule has 1 atom stereocenters. The molecule has 15 heavy (non-hydrogen) atoms. The van der Waals surface area contributed by atoms with Gasteiger partial charge >= 0.3 is 0 Å². The van der Waals surface area contributed by atoms with Gasteiger partial charge in [0.2, 0.25) is 0 Å². The van der Waals surface area contributed by atoms with Crippen LogP contribution < -0.4 is 4.74 Å². The van der Waals surface area contributed by atoms with Gasteiger partial charge in [-0.15, -0.1) is 6.58 Å². The number of benzene rings is 1. The fourth-order valence-electron chi connectivity index (χ4n) is 1.21. The first-order chi connectivity index (χ1) is 7.27. The Morgan fingerprint density at radius 3 is 2.80 bits per heavy atom. The summed E-state index contributed by atoms with van der Waals surface area (Å²) >= 11 is 0. The van der Waals surface area contributed by atoms with Gasteiger partial charge in [0.25, 0.3) is 0 Å². The van der Waals surface area contributed by atoms with Gasteiger partial charge in [-0.05, 0) is 18.1 Å². The van der Waals surface area contributed by atoms with E-state index < -0.39 is 6.10 Å². The fraction of sp³-hybridized carbons (Fsp3) is 0.333. The molecule has 0 fully saturated rings. The number of allylic oxidation sites excluding steroid dienone is 1. The van der Waals surface area contributed by atoms with Crippen molar-refractivity contribution in [3.05, 3.63) is 42.5 Å². The highest BCUT2D eigenvalue weighted by Gasteiger charge is 2.05. The van der Waals surface area contributed by atoms with Gasteiger partial charge in [-0.2, -0.15) is 0 Å². The average Bonchev–Trinajstić information content (AvgIpc) is 2.28. The smallest absolute Gasteiger partial charge is 0.122 e. The number of para-hydroxylation sites is 1. The van der Waals surface area contributed by atoms with Crippen molar-refractivity contribution >= 4 is 0 Å². The zero-order chi connectivity index (χ0) is 11.1. The van der Waals surface area contributed by atoms with Gasteiger partial charge in [0.05, 0.1) is 6.61 Å². The number of aliphatic hydroxyl groups excluding tert-OH is 2. The van der Waals surface area contributed by atoms with Crippen molar-refractivity contribution in [1.29, 1.82) is 0 Å². The lowest BCUT2D eigenvalue weighted by Gasteiger charge is -2.12. The maximum absolute atomic E-state index is 9.14. The summed E-state index contributed by atoms with van der Waals surface area (Å²) in [6.07, 6.45) is 1.69. The molecule has 1 aromatic carbocycles. The Labute approximate surface area is 89.6 Å². The van der Waals surface area contributed by atoms with Crippen molar-refractivity contribution < 1.29 is 14.9 Å². The number of rotatable bonds is 6. The maximum Gasteiger partial charge on any atom is 0.122 e. The van der Waals surface area contributed by atoms with Crippen LogP contribution in [0.25, 0.3) is 0 Å². The van der Waals surface area contributed by atoms with E-state index in [2.05, 4.69) is 6.58 Å². The average molecular weight is 208 g/mol. The highest BCUT2D eigenvalue weighted by Crippen LogP contribution is 2.18. The van der Waals surface area contributed by atoms with Gasteiger partial charge in [0.15, 0.2) is 0 Å². The third-order valence-corrected chi connectivity index (χ3v) is 1.98. The van der Waals surface area contributed by atoms with Crippen LogP contribution in [0, 0.1) is 0 Å². The second kappa shape index (κ2) is 6.22. The number of aliphatic hydroxyl groups is 2. The molecule has 0 heterocycles. The molecule has 2 N–H and O–H groups in total. The summed E-state index contributed by atoms with van der Waals surface area (Å²) in [6.45, 7) is 3.48. The summed E-state index contributed by atoms with van der Waals surface area (Å²) < 4.78 is 5.38. The first kappa shape index (κ1) is 11.8. The Bertz CT molecular complexity index is 309. The molecule has 82 valence electrons. The monoisotopic (exact) mass is 208 g/mol. The first-order valence-corrected chi connectivity index (χ1v) is 4.88. The SMILES string of the molecule is C=CCc1ccccc1OCC(O)CO. The molecule has 3 heteroatoms. The molecule has 0 radical (unpaired) electrons. The highest BCUT2D eigenvalue weighted by molar-refractivity contribution is 5.34. The van der Waals surface area contributed by atoms with Gasteiger partial charge in [0, 0.05) is 0 Å². The molecular formula is C12H16O3. The molecular weight excluding hydrogens is 192 g/mol. The second-order valence-electron chi connectivity index (χ2n) is 3.25. The molecule has 0 saturated heterocycles. The van der Waals surface area contributed by atoms with Crippen LogP contribution >= 0.6 is 0 Å². The largest absolute Gasteiger partial charge is 0.491 e. The van der Waals surface area contributed by atoms with Crippen molar-refractivity contribution in [2.75, 3.05) is 13.2 Å². The van der Waals surface area contributed by atoms with E-state index in [4.69, 9.17) is 14.9 Å². The molecule has 0 bridgehead atoms. The Balaban J connectivity index is 2.62. The van der Waals surface area contributed by atoms with Gasteiger partial charge in [0.1, 0.15) is 18.5 Å². The molecule has 0 aromatic heterocycles. The van der Waals surface area contributed by atoms with Crippen LogP contribution in [-0.2, 0) is 6.42 Å². The predicted molar refractivity (Wildman–Crippen MR) is 58.9 cm³/mol. The van der Waals surface area contributed by atoms with Gasteiger partial charge in [-0.1, -0.05) is 24.3 Å². The van der Waals surface area contributed by atoms with Crippen molar-refractivity contribution in [2.24, 2.45) is 0 Å². The summed E-state index contributed by atoms with van der Waals surface area (Å²) in [7, 11) is 0. The van der Waals surface area contributed by atoms with Crippen molar-refractivity contribution in [2.45, 2.75) is 12.5 Å². The Morgan fingerprint density at radius 1 is 1.40 bits per heavy atom. The van der Waals surface area contributed by atoms with E-state index in [9.17, 15) is 0 Å². The van der Waals surface area contributed by atoms with E-state index in [1.807, 2.05) is 24.3 Å². The topological polar surface area (TPSA) is 49.7 Å². The van der Waals surface area contributed by atoms with Crippen LogP contribution in [0.3, 0.4) is 0 Å². The fourth-order valence-corrected chi connectivity index (χ4v) is 1.21. The van der Waals surface area contributed by atoms with Gasteiger partial charge in [-0.3, -0.25) is 0 Å². The molecule has 1 rings (SSSR count). The summed E-state index contributed by atoms with van der Waals surface area (Å²) in [5, 5.41) is 17.8. The molecule has 0 saturated carbocycles. The lowest BCUT2D eigenvalue weighted by Crippen LogP contribution is -2.21. The third-order valence-electron chi connectivity index (χ3n) is 1.98. The van der Waals surface area contributed by atoms with Crippen LogP contribution in [0.2, 0.25) is 0 Å². The molecule has 0 aliphatic rings. The number of ether oxygens (including phenoxy) is 1. The second-order valence-corrected chi connectivity index (χ2v) is 3.25. The quantitative estimate of drug-likeness (QED) is 0.689. The number of hydrogen-bond donors (Lipinski definition) is 2. The van der Waals surface area contributed by atoms with E-state index in [0.717, 1.165) is 17.7 Å². The van der Waals surface area contributed by atoms with Crippen molar-refractivity contribution in [3.8, 4) is 5.75 Å². The zero-order valence-electron chi connectivity index (χ0n) is 8.60. The molecule has 1 aromatic rings. The summed E-state index contributed by atoms with van der Waals surface area (Å²) in [4.78, 5) is 0. The van der Waals surface area contributed by atoms with Crippen LogP contribution in [0.1, 0.15) is 5.56 Å². The van der Waals surface area contributed by atoms with Gasteiger partial charge in [-0.25, -0.2) is 0 Å². The summed E-state index contributed by atoms with van der Waals surface area (Å²) in [5.41, 5.74) is 1.03. The molecule has 0 aliphatic heterocycles. The molecule has 0 spiro atoms. The van der Waals surface area contributed by atoms with Crippen LogP contribution in [0.4, 0.5) is 0 Å². The first-order valence-electron chi connectivity index (χ1n) is 4.88. The Kier molecular flexibility index (Phi) is 4.87. The standard InChI is InChI=1S/C12H16O3/c1-2-5-10-6-3-4-7-12(10)15-9-11(14)8-13/h2-4,6-7,11,13-14H,1,5,8-9H2. The van der Waals surface area contributed by atoms with E-state index in [1.54, 1.807) is 6.08 Å². The Morgan fingerprint density at radius 2 is 2.13 bits per heavy atom. The molecule has 1 unspecified atom stereocenters.